The molecule has 9 heteroatoms. The highest BCUT2D eigenvalue weighted by atomic mass is 32.1. The van der Waals surface area contributed by atoms with Crippen LogP contribution in [0.1, 0.15) is 24.1 Å². The van der Waals surface area contributed by atoms with Gasteiger partial charge in [-0.1, -0.05) is 0 Å². The number of esters is 1. The normalized spacial score (nSPS) is 18.5. The molecule has 3 rings (SSSR count). The molecular formula is C19H22N4O4S. The molecule has 1 aliphatic rings. The number of aromatic nitrogens is 1. The first kappa shape index (κ1) is 19.8. The van der Waals surface area contributed by atoms with Crippen LogP contribution in [0.3, 0.4) is 0 Å². The fourth-order valence-corrected chi connectivity index (χ4v) is 3.79. The SMILES string of the molecule is COC(=O)CC[C@@H]1C[C@@H](COc2ccc(-c3ncc(C(=N)N)s3)cc2)NC1=O. The van der Waals surface area contributed by atoms with E-state index in [2.05, 4.69) is 15.0 Å². The number of methoxy groups -OCH3 is 1. The number of nitrogens with one attached hydrogen (secondary N) is 2. The van der Waals surface area contributed by atoms with Gasteiger partial charge in [-0.2, -0.15) is 0 Å². The molecule has 2 heterocycles. The molecule has 1 fully saturated rings. The Balaban J connectivity index is 1.50. The lowest BCUT2D eigenvalue weighted by molar-refractivity contribution is -0.141. The molecule has 148 valence electrons. The van der Waals surface area contributed by atoms with Crippen LogP contribution in [0.25, 0.3) is 10.6 Å². The van der Waals surface area contributed by atoms with Gasteiger partial charge in [0.2, 0.25) is 5.91 Å². The van der Waals surface area contributed by atoms with Crippen LogP contribution in [0.5, 0.6) is 5.75 Å². The molecule has 8 nitrogen and oxygen atoms in total. The number of carbonyl (C=O) groups is 2. The first-order chi connectivity index (χ1) is 13.5. The maximum Gasteiger partial charge on any atom is 0.305 e. The monoisotopic (exact) mass is 402 g/mol. The molecular weight excluding hydrogens is 380 g/mol. The second-order valence-electron chi connectivity index (χ2n) is 6.53. The van der Waals surface area contributed by atoms with E-state index >= 15 is 0 Å². The summed E-state index contributed by atoms with van der Waals surface area (Å²) in [4.78, 5) is 28.1. The van der Waals surface area contributed by atoms with Crippen LogP contribution < -0.4 is 15.8 Å². The summed E-state index contributed by atoms with van der Waals surface area (Å²) in [5, 5.41) is 11.1. The number of nitrogen functional groups attached to an aromatic ring is 1. The van der Waals surface area contributed by atoms with Crippen LogP contribution in [0.2, 0.25) is 0 Å². The number of hydrogen-bond acceptors (Lipinski definition) is 7. The fourth-order valence-electron chi connectivity index (χ4n) is 3.00. The van der Waals surface area contributed by atoms with Gasteiger partial charge in [0.05, 0.1) is 18.0 Å². The summed E-state index contributed by atoms with van der Waals surface area (Å²) in [7, 11) is 1.34. The Morgan fingerprint density at radius 2 is 2.14 bits per heavy atom. The number of thiazole rings is 1. The van der Waals surface area contributed by atoms with Crippen molar-refractivity contribution in [3.8, 4) is 16.3 Å². The molecule has 1 aliphatic heterocycles. The Hall–Kier alpha value is -2.94. The van der Waals surface area contributed by atoms with Crippen molar-refractivity contribution in [1.82, 2.24) is 10.3 Å². The first-order valence-electron chi connectivity index (χ1n) is 8.87. The van der Waals surface area contributed by atoms with E-state index in [4.69, 9.17) is 15.9 Å². The number of ether oxygens (including phenoxy) is 2. The molecule has 0 saturated carbocycles. The summed E-state index contributed by atoms with van der Waals surface area (Å²) in [6.07, 6.45) is 2.96. The number of amidine groups is 1. The van der Waals surface area contributed by atoms with Gasteiger partial charge in [0.15, 0.2) is 0 Å². The Kier molecular flexibility index (Phi) is 6.25. The molecule has 0 aliphatic carbocycles. The minimum absolute atomic E-state index is 0.00667. The molecule has 1 aromatic heterocycles. The van der Waals surface area contributed by atoms with Gasteiger partial charge in [-0.05, 0) is 37.1 Å². The highest BCUT2D eigenvalue weighted by molar-refractivity contribution is 7.16. The maximum atomic E-state index is 12.0. The van der Waals surface area contributed by atoms with Gasteiger partial charge in [-0.3, -0.25) is 15.0 Å². The number of nitrogens with zero attached hydrogens (tertiary/aromatic N) is 1. The molecule has 2 aromatic rings. The fraction of sp³-hybridized carbons (Fsp3) is 0.368. The predicted octanol–water partition coefficient (Wildman–Crippen LogP) is 1.93. The largest absolute Gasteiger partial charge is 0.491 e. The van der Waals surface area contributed by atoms with Crippen molar-refractivity contribution in [3.63, 3.8) is 0 Å². The van der Waals surface area contributed by atoms with Crippen molar-refractivity contribution in [2.75, 3.05) is 13.7 Å². The summed E-state index contributed by atoms with van der Waals surface area (Å²) < 4.78 is 10.4. The number of hydrogen-bond donors (Lipinski definition) is 3. The summed E-state index contributed by atoms with van der Waals surface area (Å²) in [6, 6.07) is 7.40. The maximum absolute atomic E-state index is 12.0. The van der Waals surface area contributed by atoms with Crippen LogP contribution in [0, 0.1) is 11.3 Å². The van der Waals surface area contributed by atoms with Crippen molar-refractivity contribution in [1.29, 1.82) is 5.41 Å². The van der Waals surface area contributed by atoms with Crippen LogP contribution in [-0.2, 0) is 14.3 Å². The van der Waals surface area contributed by atoms with Crippen LogP contribution >= 0.6 is 11.3 Å². The number of benzene rings is 1. The molecule has 1 aromatic carbocycles. The minimum Gasteiger partial charge on any atom is -0.491 e. The van der Waals surface area contributed by atoms with E-state index in [9.17, 15) is 9.59 Å². The third kappa shape index (κ3) is 4.86. The van der Waals surface area contributed by atoms with E-state index in [1.54, 1.807) is 6.20 Å². The van der Waals surface area contributed by atoms with Crippen molar-refractivity contribution in [2.45, 2.75) is 25.3 Å². The quantitative estimate of drug-likeness (QED) is 0.352. The van der Waals surface area contributed by atoms with E-state index in [1.807, 2.05) is 24.3 Å². The van der Waals surface area contributed by atoms with E-state index < -0.39 is 0 Å². The van der Waals surface area contributed by atoms with Gasteiger partial charge < -0.3 is 20.5 Å². The third-order valence-electron chi connectivity index (χ3n) is 4.53. The number of nitrogens with two attached hydrogens (primary N) is 1. The van der Waals surface area contributed by atoms with Crippen molar-refractivity contribution < 1.29 is 19.1 Å². The van der Waals surface area contributed by atoms with Gasteiger partial charge in [0.1, 0.15) is 23.2 Å². The molecule has 2 atom stereocenters. The lowest BCUT2D eigenvalue weighted by Gasteiger charge is -2.12. The smallest absolute Gasteiger partial charge is 0.305 e. The van der Waals surface area contributed by atoms with Crippen LogP contribution in [-0.4, -0.2) is 42.5 Å². The Bertz CT molecular complexity index is 865. The first-order valence-corrected chi connectivity index (χ1v) is 9.68. The lowest BCUT2D eigenvalue weighted by atomic mass is 9.99. The Morgan fingerprint density at radius 3 is 2.79 bits per heavy atom. The zero-order chi connectivity index (χ0) is 20.1. The Morgan fingerprint density at radius 1 is 1.39 bits per heavy atom. The average molecular weight is 402 g/mol. The van der Waals surface area contributed by atoms with Crippen LogP contribution in [0.15, 0.2) is 30.5 Å². The zero-order valence-corrected chi connectivity index (χ0v) is 16.3. The lowest BCUT2D eigenvalue weighted by Crippen LogP contribution is -2.31. The standard InChI is InChI=1S/C19H22N4O4S/c1-26-16(24)7-4-12-8-13(23-18(12)25)10-27-14-5-2-11(3-6-14)19-22-9-15(28-19)17(20)21/h2-3,5-6,9,12-13H,4,7-8,10H2,1H3,(H3,20,21)(H,23,25)/t12-,13+/m1/s1. The minimum atomic E-state index is -0.303. The third-order valence-corrected chi connectivity index (χ3v) is 5.61. The van der Waals surface area contributed by atoms with E-state index in [0.717, 1.165) is 10.6 Å². The molecule has 0 spiro atoms. The van der Waals surface area contributed by atoms with Gasteiger partial charge in [-0.15, -0.1) is 11.3 Å². The highest BCUT2D eigenvalue weighted by Crippen LogP contribution is 2.27. The zero-order valence-electron chi connectivity index (χ0n) is 15.4. The molecule has 28 heavy (non-hydrogen) atoms. The van der Waals surface area contributed by atoms with Crippen LogP contribution in [0.4, 0.5) is 0 Å². The van der Waals surface area contributed by atoms with Gasteiger partial charge in [0, 0.05) is 24.1 Å². The second-order valence-corrected chi connectivity index (χ2v) is 7.56. The number of carbonyl (C=O) groups excluding carboxylic acids is 2. The summed E-state index contributed by atoms with van der Waals surface area (Å²) in [5.41, 5.74) is 6.39. The summed E-state index contributed by atoms with van der Waals surface area (Å²) >= 11 is 1.36. The van der Waals surface area contributed by atoms with Gasteiger partial charge in [0.25, 0.3) is 0 Å². The molecule has 0 bridgehead atoms. The van der Waals surface area contributed by atoms with E-state index in [0.29, 0.717) is 30.1 Å². The Labute approximate surface area is 166 Å². The van der Waals surface area contributed by atoms with Crippen molar-refractivity contribution in [3.05, 3.63) is 35.3 Å². The molecule has 1 amide bonds. The molecule has 0 radical (unpaired) electrons. The molecule has 1 saturated heterocycles. The summed E-state index contributed by atoms with van der Waals surface area (Å²) in [6.45, 7) is 0.367. The van der Waals surface area contributed by atoms with Crippen molar-refractivity contribution >= 4 is 29.0 Å². The molecule has 4 N–H and O–H groups in total. The van der Waals surface area contributed by atoms with Crippen molar-refractivity contribution in [2.24, 2.45) is 11.7 Å². The molecule has 0 unspecified atom stereocenters. The van der Waals surface area contributed by atoms with Gasteiger partial charge in [-0.25, -0.2) is 4.98 Å². The number of amides is 1. The van der Waals surface area contributed by atoms with Gasteiger partial charge >= 0.3 is 5.97 Å². The topological polar surface area (TPSA) is 127 Å². The van der Waals surface area contributed by atoms with E-state index in [1.165, 1.54) is 18.4 Å². The van der Waals surface area contributed by atoms with E-state index in [-0.39, 0.29) is 36.1 Å². The second kappa shape index (κ2) is 8.83. The predicted molar refractivity (Wildman–Crippen MR) is 105 cm³/mol. The average Bonchev–Trinajstić information content (AvgIpc) is 3.32. The number of rotatable bonds is 8. The highest BCUT2D eigenvalue weighted by Gasteiger charge is 2.32. The summed E-state index contributed by atoms with van der Waals surface area (Å²) in [5.74, 6) is 0.170.